The van der Waals surface area contributed by atoms with Crippen LogP contribution in [-0.2, 0) is 0 Å². The first-order valence-electron chi connectivity index (χ1n) is 3.30. The molecule has 0 unspecified atom stereocenters. The van der Waals surface area contributed by atoms with Gasteiger partial charge in [0.2, 0.25) is 0 Å². The first-order valence-corrected chi connectivity index (χ1v) is 3.30. The van der Waals surface area contributed by atoms with Crippen molar-refractivity contribution in [3.63, 3.8) is 0 Å². The number of aromatic hydroxyl groups is 3. The molecule has 68 valence electrons. The molecular weight excluding hydrogens is 176 g/mol. The fraction of sp³-hybridized carbons (Fsp3) is 0. The van der Waals surface area contributed by atoms with Crippen LogP contribution in [0.15, 0.2) is 6.07 Å². The second-order valence-electron chi connectivity index (χ2n) is 2.33. The van der Waals surface area contributed by atoms with Crippen molar-refractivity contribution in [2.75, 3.05) is 0 Å². The SMILES string of the molecule is O=Cc1c(O)cc(O)c(C=O)c1O. The number of carbonyl (C=O) groups excluding carboxylic acids is 2. The maximum Gasteiger partial charge on any atom is 0.157 e. The van der Waals surface area contributed by atoms with Crippen LogP contribution in [0.25, 0.3) is 0 Å². The van der Waals surface area contributed by atoms with Crippen LogP contribution in [0.4, 0.5) is 0 Å². The molecule has 0 amide bonds. The van der Waals surface area contributed by atoms with Gasteiger partial charge in [-0.2, -0.15) is 0 Å². The van der Waals surface area contributed by atoms with E-state index in [2.05, 4.69) is 0 Å². The van der Waals surface area contributed by atoms with Crippen LogP contribution in [-0.4, -0.2) is 27.9 Å². The van der Waals surface area contributed by atoms with E-state index in [9.17, 15) is 9.59 Å². The lowest BCUT2D eigenvalue weighted by molar-refractivity contribution is 0.111. The molecule has 0 radical (unpaired) electrons. The van der Waals surface area contributed by atoms with Crippen molar-refractivity contribution in [2.45, 2.75) is 0 Å². The molecule has 13 heavy (non-hydrogen) atoms. The van der Waals surface area contributed by atoms with E-state index in [4.69, 9.17) is 15.3 Å². The van der Waals surface area contributed by atoms with Gasteiger partial charge in [0.05, 0.1) is 11.1 Å². The number of aldehydes is 2. The summed E-state index contributed by atoms with van der Waals surface area (Å²) >= 11 is 0. The number of rotatable bonds is 2. The van der Waals surface area contributed by atoms with Crippen molar-refractivity contribution in [3.05, 3.63) is 17.2 Å². The third-order valence-electron chi connectivity index (χ3n) is 1.57. The Hall–Kier alpha value is -2.04. The van der Waals surface area contributed by atoms with Crippen LogP contribution in [0.5, 0.6) is 17.2 Å². The molecular formula is C8H6O5. The van der Waals surface area contributed by atoms with Gasteiger partial charge in [0.25, 0.3) is 0 Å². The zero-order chi connectivity index (χ0) is 10.0. The highest BCUT2D eigenvalue weighted by Gasteiger charge is 2.15. The molecule has 3 N–H and O–H groups in total. The van der Waals surface area contributed by atoms with Crippen molar-refractivity contribution in [2.24, 2.45) is 0 Å². The number of phenols is 3. The molecule has 5 heteroatoms. The average Bonchev–Trinajstić information content (AvgIpc) is 2.04. The molecule has 0 bridgehead atoms. The summed E-state index contributed by atoms with van der Waals surface area (Å²) in [4.78, 5) is 20.6. The molecule has 0 aliphatic rings. The third kappa shape index (κ3) is 1.31. The van der Waals surface area contributed by atoms with Crippen LogP contribution < -0.4 is 0 Å². The Labute approximate surface area is 72.9 Å². The first kappa shape index (κ1) is 9.05. The Kier molecular flexibility index (Phi) is 2.19. The Balaban J connectivity index is 3.56. The molecule has 5 nitrogen and oxygen atoms in total. The maximum absolute atomic E-state index is 10.3. The number of hydrogen-bond donors (Lipinski definition) is 3. The first-order chi connectivity index (χ1) is 6.11. The molecule has 0 atom stereocenters. The third-order valence-corrected chi connectivity index (χ3v) is 1.57. The standard InChI is InChI=1S/C8H6O5/c9-2-4-6(11)1-7(12)5(3-10)8(4)13/h1-3,11-13H. The van der Waals surface area contributed by atoms with Gasteiger partial charge >= 0.3 is 0 Å². The van der Waals surface area contributed by atoms with E-state index in [1.807, 2.05) is 0 Å². The van der Waals surface area contributed by atoms with Gasteiger partial charge < -0.3 is 15.3 Å². The topological polar surface area (TPSA) is 94.8 Å². The summed E-state index contributed by atoms with van der Waals surface area (Å²) in [6, 6.07) is 0.813. The minimum absolute atomic E-state index is 0.192. The van der Waals surface area contributed by atoms with Gasteiger partial charge in [-0.3, -0.25) is 9.59 Å². The predicted octanol–water partition coefficient (Wildman–Crippen LogP) is 0.428. The van der Waals surface area contributed by atoms with Gasteiger partial charge in [0.15, 0.2) is 12.6 Å². The van der Waals surface area contributed by atoms with Crippen LogP contribution in [0.1, 0.15) is 20.7 Å². The Morgan fingerprint density at radius 1 is 0.923 bits per heavy atom. The fourth-order valence-corrected chi connectivity index (χ4v) is 0.905. The summed E-state index contributed by atoms with van der Waals surface area (Å²) in [6.45, 7) is 0. The summed E-state index contributed by atoms with van der Waals surface area (Å²) in [5.74, 6) is -1.87. The van der Waals surface area contributed by atoms with E-state index in [1.54, 1.807) is 0 Å². The van der Waals surface area contributed by atoms with Crippen molar-refractivity contribution >= 4 is 12.6 Å². The molecule has 0 heterocycles. The number of benzene rings is 1. The van der Waals surface area contributed by atoms with Gasteiger partial charge in [-0.1, -0.05) is 0 Å². The number of carbonyl (C=O) groups is 2. The van der Waals surface area contributed by atoms with Crippen LogP contribution in [0.2, 0.25) is 0 Å². The van der Waals surface area contributed by atoms with E-state index in [0.717, 1.165) is 6.07 Å². The molecule has 0 spiro atoms. The van der Waals surface area contributed by atoms with Gasteiger partial charge in [-0.05, 0) is 0 Å². The van der Waals surface area contributed by atoms with Crippen molar-refractivity contribution in [1.29, 1.82) is 0 Å². The lowest BCUT2D eigenvalue weighted by atomic mass is 10.1. The lowest BCUT2D eigenvalue weighted by Gasteiger charge is -2.04. The molecule has 1 aromatic carbocycles. The maximum atomic E-state index is 10.3. The molecule has 1 aromatic rings. The monoisotopic (exact) mass is 182 g/mol. The van der Waals surface area contributed by atoms with Crippen LogP contribution in [0.3, 0.4) is 0 Å². The van der Waals surface area contributed by atoms with Crippen molar-refractivity contribution in [1.82, 2.24) is 0 Å². The molecule has 0 saturated heterocycles. The zero-order valence-corrected chi connectivity index (χ0v) is 6.39. The second-order valence-corrected chi connectivity index (χ2v) is 2.33. The largest absolute Gasteiger partial charge is 0.507 e. The number of hydrogen-bond acceptors (Lipinski definition) is 5. The summed E-state index contributed by atoms with van der Waals surface area (Å²) in [7, 11) is 0. The van der Waals surface area contributed by atoms with Crippen LogP contribution in [0, 0.1) is 0 Å². The normalized spacial score (nSPS) is 9.54. The summed E-state index contributed by atoms with van der Waals surface area (Å²) in [6.07, 6.45) is 0.383. The van der Waals surface area contributed by atoms with E-state index in [0.29, 0.717) is 0 Å². The van der Waals surface area contributed by atoms with Gasteiger partial charge in [-0.15, -0.1) is 0 Å². The molecule has 0 aromatic heterocycles. The highest BCUT2D eigenvalue weighted by atomic mass is 16.3. The Morgan fingerprint density at radius 2 is 1.31 bits per heavy atom. The van der Waals surface area contributed by atoms with E-state index in [-0.39, 0.29) is 12.6 Å². The Morgan fingerprint density at radius 3 is 1.62 bits per heavy atom. The molecule has 1 rings (SSSR count). The minimum atomic E-state index is -0.720. The second kappa shape index (κ2) is 3.14. The average molecular weight is 182 g/mol. The van der Waals surface area contributed by atoms with Gasteiger partial charge in [0.1, 0.15) is 17.2 Å². The highest BCUT2D eigenvalue weighted by Crippen LogP contribution is 2.34. The summed E-state index contributed by atoms with van der Waals surface area (Å²) < 4.78 is 0. The minimum Gasteiger partial charge on any atom is -0.507 e. The molecule has 0 aliphatic heterocycles. The van der Waals surface area contributed by atoms with Crippen molar-refractivity contribution in [3.8, 4) is 17.2 Å². The Bertz CT molecular complexity index is 337. The van der Waals surface area contributed by atoms with E-state index >= 15 is 0 Å². The van der Waals surface area contributed by atoms with Gasteiger partial charge in [0, 0.05) is 6.07 Å². The van der Waals surface area contributed by atoms with Crippen LogP contribution >= 0.6 is 0 Å². The van der Waals surface area contributed by atoms with Crippen molar-refractivity contribution < 1.29 is 24.9 Å². The fourth-order valence-electron chi connectivity index (χ4n) is 0.905. The summed E-state index contributed by atoms with van der Waals surface area (Å²) in [5.41, 5.74) is -0.834. The van der Waals surface area contributed by atoms with E-state index < -0.39 is 28.4 Å². The molecule has 0 saturated carbocycles. The smallest absolute Gasteiger partial charge is 0.157 e. The van der Waals surface area contributed by atoms with Gasteiger partial charge in [-0.25, -0.2) is 0 Å². The lowest BCUT2D eigenvalue weighted by Crippen LogP contribution is -1.90. The molecule has 0 aliphatic carbocycles. The highest BCUT2D eigenvalue weighted by molar-refractivity contribution is 5.93. The molecule has 0 fully saturated rings. The summed E-state index contributed by atoms with van der Waals surface area (Å²) in [5, 5.41) is 27.2. The predicted molar refractivity (Wildman–Crippen MR) is 42.2 cm³/mol. The number of phenolic OH excluding ortho intramolecular Hbond substituents is 3. The quantitative estimate of drug-likeness (QED) is 0.576. The zero-order valence-electron chi connectivity index (χ0n) is 6.39. The van der Waals surface area contributed by atoms with E-state index in [1.165, 1.54) is 0 Å².